The average Bonchev–Trinajstić information content (AvgIpc) is 2.81. The van der Waals surface area contributed by atoms with E-state index in [0.717, 1.165) is 18.2 Å². The van der Waals surface area contributed by atoms with Crippen LogP contribution in [0.3, 0.4) is 0 Å². The second-order valence-electron chi connectivity index (χ2n) is 5.27. The van der Waals surface area contributed by atoms with Gasteiger partial charge in [0.25, 0.3) is 0 Å². The first-order chi connectivity index (χ1) is 10.3. The van der Waals surface area contributed by atoms with Crippen molar-refractivity contribution in [1.29, 1.82) is 0 Å². The minimum Gasteiger partial charge on any atom is -0.357 e. The van der Waals surface area contributed by atoms with Crippen LogP contribution < -0.4 is 5.32 Å². The molecule has 0 spiro atoms. The molecule has 1 aromatic heterocycles. The average molecular weight is 318 g/mol. The predicted molar refractivity (Wildman–Crippen MR) is 82.8 cm³/mol. The second-order valence-corrected chi connectivity index (χ2v) is 5.27. The molecule has 0 fully saturated rings. The Balaban J connectivity index is 2.49. The van der Waals surface area contributed by atoms with Gasteiger partial charge in [-0.3, -0.25) is 4.99 Å². The van der Waals surface area contributed by atoms with Gasteiger partial charge in [-0.1, -0.05) is 0 Å². The lowest BCUT2D eigenvalue weighted by Gasteiger charge is -2.22. The van der Waals surface area contributed by atoms with Gasteiger partial charge in [-0.25, -0.2) is 0 Å². The molecule has 1 N–H and O–H groups in total. The molecule has 0 atom stereocenters. The van der Waals surface area contributed by atoms with E-state index in [-0.39, 0.29) is 6.42 Å². The quantitative estimate of drug-likeness (QED) is 0.476. The van der Waals surface area contributed by atoms with E-state index >= 15 is 0 Å². The molecular formula is C15H25F3N4. The van der Waals surface area contributed by atoms with Crippen molar-refractivity contribution in [3.63, 3.8) is 0 Å². The fourth-order valence-corrected chi connectivity index (χ4v) is 2.07. The molecule has 0 amide bonds. The number of nitrogens with zero attached hydrogens (tertiary/aromatic N) is 3. The molecule has 1 heterocycles. The van der Waals surface area contributed by atoms with Crippen molar-refractivity contribution >= 4 is 5.96 Å². The molecule has 0 aromatic carbocycles. The fraction of sp³-hybridized carbons (Fsp3) is 0.667. The summed E-state index contributed by atoms with van der Waals surface area (Å²) in [5.41, 5.74) is 1.14. The summed E-state index contributed by atoms with van der Waals surface area (Å²) >= 11 is 0. The van der Waals surface area contributed by atoms with E-state index in [1.54, 1.807) is 0 Å². The molecule has 0 unspecified atom stereocenters. The van der Waals surface area contributed by atoms with Crippen LogP contribution in [0, 0.1) is 0 Å². The Morgan fingerprint density at radius 2 is 2.09 bits per heavy atom. The summed E-state index contributed by atoms with van der Waals surface area (Å²) in [6, 6.07) is 4.01. The van der Waals surface area contributed by atoms with E-state index in [0.29, 0.717) is 19.5 Å². The minimum atomic E-state index is -4.07. The van der Waals surface area contributed by atoms with E-state index in [4.69, 9.17) is 0 Å². The van der Waals surface area contributed by atoms with Crippen LogP contribution in [0.4, 0.5) is 13.2 Å². The molecule has 0 saturated heterocycles. The number of aromatic nitrogens is 1. The topological polar surface area (TPSA) is 32.6 Å². The summed E-state index contributed by atoms with van der Waals surface area (Å²) in [5, 5.41) is 3.17. The molecule has 1 rings (SSSR count). The third-order valence-corrected chi connectivity index (χ3v) is 3.28. The van der Waals surface area contributed by atoms with E-state index in [9.17, 15) is 13.2 Å². The molecular weight excluding hydrogens is 293 g/mol. The highest BCUT2D eigenvalue weighted by Crippen LogP contribution is 2.22. The summed E-state index contributed by atoms with van der Waals surface area (Å²) in [5.74, 6) is 0.718. The van der Waals surface area contributed by atoms with Gasteiger partial charge in [0.05, 0.1) is 6.54 Å². The Bertz CT molecular complexity index is 466. The van der Waals surface area contributed by atoms with Gasteiger partial charge in [0, 0.05) is 45.5 Å². The Kier molecular flexibility index (Phi) is 7.27. The molecule has 0 aliphatic heterocycles. The standard InChI is InChI=1S/C15H25F3N4/c1-4-19-14(20-10-6-5-9-15(16,17)18)22(3)12-13-8-7-11-21(13)2/h7-8,11H,4-6,9-10,12H2,1-3H3,(H,19,20). The van der Waals surface area contributed by atoms with Gasteiger partial charge in [0.2, 0.25) is 0 Å². The molecule has 7 heteroatoms. The lowest BCUT2D eigenvalue weighted by molar-refractivity contribution is -0.135. The van der Waals surface area contributed by atoms with Crippen molar-refractivity contribution in [3.8, 4) is 0 Å². The smallest absolute Gasteiger partial charge is 0.357 e. The first kappa shape index (κ1) is 18.4. The monoisotopic (exact) mass is 318 g/mol. The number of halogens is 3. The number of hydrogen-bond acceptors (Lipinski definition) is 1. The Hall–Kier alpha value is -1.66. The van der Waals surface area contributed by atoms with Gasteiger partial charge >= 0.3 is 6.18 Å². The summed E-state index contributed by atoms with van der Waals surface area (Å²) in [4.78, 5) is 6.37. The first-order valence-electron chi connectivity index (χ1n) is 7.50. The number of unbranched alkanes of at least 4 members (excludes halogenated alkanes) is 1. The maximum Gasteiger partial charge on any atom is 0.389 e. The highest BCUT2D eigenvalue weighted by molar-refractivity contribution is 5.79. The number of nitrogens with one attached hydrogen (secondary N) is 1. The largest absolute Gasteiger partial charge is 0.389 e. The van der Waals surface area contributed by atoms with E-state index < -0.39 is 12.6 Å². The fourth-order valence-electron chi connectivity index (χ4n) is 2.07. The molecule has 1 aromatic rings. The van der Waals surface area contributed by atoms with Crippen molar-refractivity contribution in [3.05, 3.63) is 24.0 Å². The van der Waals surface area contributed by atoms with Crippen molar-refractivity contribution in [2.45, 2.75) is 38.9 Å². The molecule has 0 aliphatic rings. The van der Waals surface area contributed by atoms with Crippen molar-refractivity contribution in [2.75, 3.05) is 20.1 Å². The van der Waals surface area contributed by atoms with Crippen molar-refractivity contribution in [1.82, 2.24) is 14.8 Å². The van der Waals surface area contributed by atoms with Gasteiger partial charge in [0.15, 0.2) is 5.96 Å². The number of aliphatic imine (C=N–C) groups is 1. The number of aryl methyl sites for hydroxylation is 1. The van der Waals surface area contributed by atoms with Crippen molar-refractivity contribution in [2.24, 2.45) is 12.0 Å². The van der Waals surface area contributed by atoms with Crippen LogP contribution in [0.25, 0.3) is 0 Å². The number of alkyl halides is 3. The molecule has 0 radical (unpaired) electrons. The second kappa shape index (κ2) is 8.70. The van der Waals surface area contributed by atoms with Gasteiger partial charge in [-0.15, -0.1) is 0 Å². The predicted octanol–water partition coefficient (Wildman–Crippen LogP) is 3.16. The zero-order valence-corrected chi connectivity index (χ0v) is 13.5. The van der Waals surface area contributed by atoms with E-state index in [1.807, 2.05) is 48.8 Å². The Morgan fingerprint density at radius 1 is 1.36 bits per heavy atom. The van der Waals surface area contributed by atoms with Crippen LogP contribution in [0.15, 0.2) is 23.3 Å². The van der Waals surface area contributed by atoms with Gasteiger partial charge in [-0.2, -0.15) is 13.2 Å². The highest BCUT2D eigenvalue weighted by Gasteiger charge is 2.25. The lowest BCUT2D eigenvalue weighted by atomic mass is 10.2. The maximum absolute atomic E-state index is 12.1. The van der Waals surface area contributed by atoms with E-state index in [2.05, 4.69) is 10.3 Å². The van der Waals surface area contributed by atoms with Crippen LogP contribution in [0.5, 0.6) is 0 Å². The minimum absolute atomic E-state index is 0.119. The lowest BCUT2D eigenvalue weighted by Crippen LogP contribution is -2.38. The summed E-state index contributed by atoms with van der Waals surface area (Å²) in [6.45, 7) is 3.78. The van der Waals surface area contributed by atoms with Crippen LogP contribution in [0.1, 0.15) is 31.9 Å². The molecule has 0 saturated carbocycles. The van der Waals surface area contributed by atoms with Crippen molar-refractivity contribution < 1.29 is 13.2 Å². The summed E-state index contributed by atoms with van der Waals surface area (Å²) < 4.78 is 38.3. The molecule has 22 heavy (non-hydrogen) atoms. The van der Waals surface area contributed by atoms with E-state index in [1.165, 1.54) is 0 Å². The van der Waals surface area contributed by atoms with Gasteiger partial charge < -0.3 is 14.8 Å². The van der Waals surface area contributed by atoms with Crippen LogP contribution >= 0.6 is 0 Å². The first-order valence-corrected chi connectivity index (χ1v) is 7.50. The summed E-state index contributed by atoms with van der Waals surface area (Å²) in [7, 11) is 3.90. The molecule has 0 aliphatic carbocycles. The number of guanidine groups is 1. The zero-order chi connectivity index (χ0) is 16.6. The Labute approximate surface area is 130 Å². The SMILES string of the molecule is CCNC(=NCCCCC(F)(F)F)N(C)Cc1cccn1C. The third-order valence-electron chi connectivity index (χ3n) is 3.28. The van der Waals surface area contributed by atoms with Gasteiger partial charge in [-0.05, 0) is 31.9 Å². The Morgan fingerprint density at radius 3 is 2.64 bits per heavy atom. The zero-order valence-electron chi connectivity index (χ0n) is 13.5. The van der Waals surface area contributed by atoms with Gasteiger partial charge in [0.1, 0.15) is 0 Å². The van der Waals surface area contributed by atoms with Crippen LogP contribution in [-0.2, 0) is 13.6 Å². The maximum atomic E-state index is 12.1. The van der Waals surface area contributed by atoms with Crippen LogP contribution in [-0.4, -0.2) is 41.7 Å². The number of hydrogen-bond donors (Lipinski definition) is 1. The molecule has 126 valence electrons. The number of rotatable bonds is 7. The third kappa shape index (κ3) is 6.87. The summed E-state index contributed by atoms with van der Waals surface area (Å²) in [6.07, 6.45) is -2.28. The molecule has 4 nitrogen and oxygen atoms in total. The molecule has 0 bridgehead atoms. The van der Waals surface area contributed by atoms with Crippen LogP contribution in [0.2, 0.25) is 0 Å². The normalized spacial score (nSPS) is 12.5. The highest BCUT2D eigenvalue weighted by atomic mass is 19.4.